The second-order valence-electron chi connectivity index (χ2n) is 9.87. The number of aryl methyl sites for hydroxylation is 2. The first-order valence-corrected chi connectivity index (χ1v) is 11.5. The van der Waals surface area contributed by atoms with Gasteiger partial charge in [0.2, 0.25) is 0 Å². The number of carboxylic acid groups (broad SMARTS) is 1. The van der Waals surface area contributed by atoms with Gasteiger partial charge in [-0.3, -0.25) is 4.98 Å². The highest BCUT2D eigenvalue weighted by Gasteiger charge is 2.35. The van der Waals surface area contributed by atoms with Crippen molar-refractivity contribution < 1.29 is 19.4 Å². The van der Waals surface area contributed by atoms with E-state index in [2.05, 4.69) is 18.2 Å². The number of pyridine rings is 1. The van der Waals surface area contributed by atoms with E-state index in [4.69, 9.17) is 14.5 Å². The van der Waals surface area contributed by atoms with Crippen molar-refractivity contribution in [2.75, 3.05) is 6.61 Å². The molecule has 5 nitrogen and oxygen atoms in total. The average Bonchev–Trinajstić information content (AvgIpc) is 3.14. The fourth-order valence-corrected chi connectivity index (χ4v) is 5.00. The molecule has 0 bridgehead atoms. The molecule has 0 saturated heterocycles. The smallest absolute Gasteiger partial charge is 0.337 e. The van der Waals surface area contributed by atoms with Gasteiger partial charge in [-0.25, -0.2) is 4.79 Å². The average molecular weight is 444 g/mol. The Bertz CT molecular complexity index is 1260. The lowest BCUT2D eigenvalue weighted by molar-refractivity contribution is -0.160. The van der Waals surface area contributed by atoms with Crippen molar-refractivity contribution in [3.63, 3.8) is 0 Å². The normalized spacial score (nSPS) is 15.3. The van der Waals surface area contributed by atoms with Gasteiger partial charge in [-0.2, -0.15) is 0 Å². The number of benzene rings is 2. The fourth-order valence-electron chi connectivity index (χ4n) is 5.00. The summed E-state index contributed by atoms with van der Waals surface area (Å²) in [4.78, 5) is 17.4. The van der Waals surface area contributed by atoms with Gasteiger partial charge in [0, 0.05) is 23.2 Å². The topological polar surface area (TPSA) is 68.7 Å². The third kappa shape index (κ3) is 3.91. The van der Waals surface area contributed by atoms with E-state index in [1.165, 1.54) is 5.56 Å². The van der Waals surface area contributed by atoms with E-state index in [-0.39, 0.29) is 0 Å². The zero-order valence-corrected chi connectivity index (χ0v) is 19.6. The minimum absolute atomic E-state index is 0.627. The third-order valence-electron chi connectivity index (χ3n) is 6.32. The van der Waals surface area contributed by atoms with Crippen molar-refractivity contribution >= 4 is 5.97 Å². The summed E-state index contributed by atoms with van der Waals surface area (Å²) in [6, 6.07) is 14.5. The van der Waals surface area contributed by atoms with Gasteiger partial charge < -0.3 is 14.6 Å². The summed E-state index contributed by atoms with van der Waals surface area (Å²) >= 11 is 0. The molecule has 0 unspecified atom stereocenters. The lowest BCUT2D eigenvalue weighted by atomic mass is 9.88. The first kappa shape index (κ1) is 21.7. The van der Waals surface area contributed by atoms with E-state index in [0.29, 0.717) is 11.3 Å². The lowest BCUT2D eigenvalue weighted by Crippen LogP contribution is -2.28. The summed E-state index contributed by atoms with van der Waals surface area (Å²) in [6.45, 7) is 8.27. The summed E-state index contributed by atoms with van der Waals surface area (Å²) in [7, 11) is 0. The van der Waals surface area contributed by atoms with Gasteiger partial charge in [-0.15, -0.1) is 0 Å². The van der Waals surface area contributed by atoms with Gasteiger partial charge in [0.25, 0.3) is 0 Å². The Morgan fingerprint density at radius 1 is 1.15 bits per heavy atom. The summed E-state index contributed by atoms with van der Waals surface area (Å²) in [5.74, 6) is -0.0918. The lowest BCUT2D eigenvalue weighted by Gasteiger charge is -2.29. The molecule has 2 aromatic carbocycles. The van der Waals surface area contributed by atoms with Crippen molar-refractivity contribution in [1.82, 2.24) is 4.98 Å². The van der Waals surface area contributed by atoms with Gasteiger partial charge in [0.1, 0.15) is 5.75 Å². The molecular weight excluding hydrogens is 414 g/mol. The zero-order chi connectivity index (χ0) is 23.3. The van der Waals surface area contributed by atoms with E-state index < -0.39 is 17.7 Å². The van der Waals surface area contributed by atoms with Crippen LogP contribution in [-0.2, 0) is 22.4 Å². The maximum absolute atomic E-state index is 12.5. The molecule has 170 valence electrons. The Labute approximate surface area is 194 Å². The van der Waals surface area contributed by atoms with E-state index >= 15 is 0 Å². The number of aliphatic carboxylic acids is 1. The van der Waals surface area contributed by atoms with Crippen LogP contribution in [0.3, 0.4) is 0 Å². The number of hydrogen-bond donors (Lipinski definition) is 1. The van der Waals surface area contributed by atoms with E-state index in [0.717, 1.165) is 65.1 Å². The third-order valence-corrected chi connectivity index (χ3v) is 6.32. The second kappa shape index (κ2) is 7.99. The van der Waals surface area contributed by atoms with Gasteiger partial charge >= 0.3 is 5.97 Å². The van der Waals surface area contributed by atoms with Crippen LogP contribution in [0.2, 0.25) is 0 Å². The molecule has 1 N–H and O–H groups in total. The van der Waals surface area contributed by atoms with Crippen LogP contribution in [0.5, 0.6) is 5.75 Å². The SMILES string of the molecule is Cc1nc2c(c(-c3ccc4c(c3)CCCO4)c1[C@H](OC(C)(C)C)C(=O)O)Cc1ccccc1-2. The minimum Gasteiger partial charge on any atom is -0.493 e. The Balaban J connectivity index is 1.78. The van der Waals surface area contributed by atoms with Crippen LogP contribution in [0.1, 0.15) is 61.2 Å². The van der Waals surface area contributed by atoms with Crippen LogP contribution >= 0.6 is 0 Å². The standard InChI is InChI=1S/C28H29NO4/c1-16-23(26(27(30)31)33-28(2,3)4)24(19-11-12-22-18(14-19)9-7-13-32-22)21-15-17-8-5-6-10-20(17)25(21)29-16/h5-6,8,10-12,14,26H,7,9,13,15H2,1-4H3,(H,30,31)/t26-/m0/s1. The molecule has 3 aromatic rings. The zero-order valence-electron chi connectivity index (χ0n) is 19.6. The van der Waals surface area contributed by atoms with Crippen molar-refractivity contribution in [2.24, 2.45) is 0 Å². The molecule has 2 heterocycles. The molecule has 0 amide bonds. The first-order chi connectivity index (χ1) is 15.7. The number of carbonyl (C=O) groups is 1. The Morgan fingerprint density at radius 3 is 2.70 bits per heavy atom. The second-order valence-corrected chi connectivity index (χ2v) is 9.87. The molecule has 1 atom stereocenters. The summed E-state index contributed by atoms with van der Waals surface area (Å²) < 4.78 is 11.9. The number of aromatic nitrogens is 1. The van der Waals surface area contributed by atoms with E-state index in [1.54, 1.807) is 0 Å². The van der Waals surface area contributed by atoms with Crippen LogP contribution in [0.25, 0.3) is 22.4 Å². The van der Waals surface area contributed by atoms with Gasteiger partial charge in [-0.05, 0) is 80.5 Å². The highest BCUT2D eigenvalue weighted by Crippen LogP contribution is 2.46. The summed E-state index contributed by atoms with van der Waals surface area (Å²) in [5.41, 5.74) is 8.12. The van der Waals surface area contributed by atoms with Crippen LogP contribution < -0.4 is 4.74 Å². The monoisotopic (exact) mass is 443 g/mol. The maximum Gasteiger partial charge on any atom is 0.337 e. The van der Waals surface area contributed by atoms with Gasteiger partial charge in [0.05, 0.1) is 17.9 Å². The molecule has 1 aromatic heterocycles. The Morgan fingerprint density at radius 2 is 1.94 bits per heavy atom. The number of rotatable bonds is 4. The first-order valence-electron chi connectivity index (χ1n) is 11.5. The molecule has 1 aliphatic heterocycles. The molecule has 1 aliphatic carbocycles. The van der Waals surface area contributed by atoms with Crippen molar-refractivity contribution in [3.05, 3.63) is 70.4 Å². The number of hydrogen-bond acceptors (Lipinski definition) is 4. The molecule has 0 spiro atoms. The molecule has 5 heteroatoms. The highest BCUT2D eigenvalue weighted by molar-refractivity contribution is 5.88. The number of carboxylic acids is 1. The molecule has 5 rings (SSSR count). The van der Waals surface area contributed by atoms with Crippen molar-refractivity contribution in [3.8, 4) is 28.1 Å². The van der Waals surface area contributed by atoms with Crippen LogP contribution in [0, 0.1) is 6.92 Å². The summed E-state index contributed by atoms with van der Waals surface area (Å²) in [6.07, 6.45) is 1.53. The fraction of sp³-hybridized carbons (Fsp3) is 0.357. The van der Waals surface area contributed by atoms with Crippen LogP contribution in [-0.4, -0.2) is 28.3 Å². The molecule has 0 saturated carbocycles. The van der Waals surface area contributed by atoms with Crippen LogP contribution in [0.15, 0.2) is 42.5 Å². The van der Waals surface area contributed by atoms with Gasteiger partial charge in [0.15, 0.2) is 6.10 Å². The van der Waals surface area contributed by atoms with E-state index in [1.807, 2.05) is 52.0 Å². The molecule has 0 fully saturated rings. The van der Waals surface area contributed by atoms with Crippen molar-refractivity contribution in [2.45, 2.75) is 58.7 Å². The maximum atomic E-state index is 12.5. The number of fused-ring (bicyclic) bond motifs is 4. The van der Waals surface area contributed by atoms with Crippen molar-refractivity contribution in [1.29, 1.82) is 0 Å². The van der Waals surface area contributed by atoms with Gasteiger partial charge in [-0.1, -0.05) is 30.3 Å². The van der Waals surface area contributed by atoms with E-state index in [9.17, 15) is 9.90 Å². The van der Waals surface area contributed by atoms with Crippen LogP contribution in [0.4, 0.5) is 0 Å². The molecular formula is C28H29NO4. The molecule has 0 radical (unpaired) electrons. The number of nitrogens with zero attached hydrogens (tertiary/aromatic N) is 1. The highest BCUT2D eigenvalue weighted by atomic mass is 16.5. The quantitative estimate of drug-likeness (QED) is 0.426. The molecule has 2 aliphatic rings. The summed E-state index contributed by atoms with van der Waals surface area (Å²) in [5, 5.41) is 10.2. The number of ether oxygens (including phenoxy) is 2. The predicted molar refractivity (Wildman–Crippen MR) is 128 cm³/mol. The molecule has 33 heavy (non-hydrogen) atoms. The minimum atomic E-state index is -1.12. The largest absolute Gasteiger partial charge is 0.493 e. The Hall–Kier alpha value is -3.18. The Kier molecular flexibility index (Phi) is 5.25. The predicted octanol–water partition coefficient (Wildman–Crippen LogP) is 5.89.